The van der Waals surface area contributed by atoms with Crippen LogP contribution >= 0.6 is 22.9 Å². The van der Waals surface area contributed by atoms with Crippen LogP contribution in [0.5, 0.6) is 0 Å². The molecule has 1 aliphatic heterocycles. The first-order chi connectivity index (χ1) is 7.83. The van der Waals surface area contributed by atoms with Crippen LogP contribution in [0.4, 0.5) is 0 Å². The van der Waals surface area contributed by atoms with E-state index in [-0.39, 0.29) is 6.10 Å². The van der Waals surface area contributed by atoms with Crippen LogP contribution in [0.1, 0.15) is 5.82 Å². The Morgan fingerprint density at radius 3 is 3.12 bits per heavy atom. The first-order valence-electron chi connectivity index (χ1n) is 4.92. The molecule has 0 atom stereocenters. The minimum Gasteiger partial charge on any atom is -0.376 e. The van der Waals surface area contributed by atoms with Crippen LogP contribution < -0.4 is 0 Å². The SMILES string of the molecule is Clc1nc(COC2COC2)nc2sccc12. The molecule has 0 aliphatic carbocycles. The zero-order valence-electron chi connectivity index (χ0n) is 8.35. The van der Waals surface area contributed by atoms with E-state index in [1.807, 2.05) is 11.4 Å². The van der Waals surface area contributed by atoms with Crippen molar-refractivity contribution in [2.24, 2.45) is 0 Å². The third-order valence-corrected chi connectivity index (χ3v) is 3.48. The van der Waals surface area contributed by atoms with Gasteiger partial charge in [0.15, 0.2) is 5.82 Å². The molecule has 1 fully saturated rings. The van der Waals surface area contributed by atoms with Crippen molar-refractivity contribution in [3.63, 3.8) is 0 Å². The monoisotopic (exact) mass is 256 g/mol. The number of aromatic nitrogens is 2. The van der Waals surface area contributed by atoms with Gasteiger partial charge >= 0.3 is 0 Å². The van der Waals surface area contributed by atoms with Crippen LogP contribution in [0.15, 0.2) is 11.4 Å². The summed E-state index contributed by atoms with van der Waals surface area (Å²) in [6.45, 7) is 1.71. The minimum absolute atomic E-state index is 0.182. The predicted octanol–water partition coefficient (Wildman–Crippen LogP) is 2.26. The zero-order valence-corrected chi connectivity index (χ0v) is 9.92. The Morgan fingerprint density at radius 1 is 1.50 bits per heavy atom. The van der Waals surface area contributed by atoms with Crippen LogP contribution in [0.3, 0.4) is 0 Å². The van der Waals surface area contributed by atoms with Crippen LogP contribution in [-0.4, -0.2) is 29.3 Å². The maximum absolute atomic E-state index is 6.04. The minimum atomic E-state index is 0.182. The van der Waals surface area contributed by atoms with Gasteiger partial charge in [0.05, 0.1) is 13.2 Å². The lowest BCUT2D eigenvalue weighted by atomic mass is 10.3. The predicted molar refractivity (Wildman–Crippen MR) is 61.8 cm³/mol. The van der Waals surface area contributed by atoms with E-state index >= 15 is 0 Å². The van der Waals surface area contributed by atoms with Crippen molar-refractivity contribution in [3.8, 4) is 0 Å². The fraction of sp³-hybridized carbons (Fsp3) is 0.400. The standard InChI is InChI=1S/C10H9ClN2O2S/c11-9-7-1-2-16-10(7)13-8(12-9)5-15-6-3-14-4-6/h1-2,6H,3-5H2. The van der Waals surface area contributed by atoms with Gasteiger partial charge < -0.3 is 9.47 Å². The van der Waals surface area contributed by atoms with Gasteiger partial charge in [-0.3, -0.25) is 0 Å². The van der Waals surface area contributed by atoms with Crippen LogP contribution in [0, 0.1) is 0 Å². The summed E-state index contributed by atoms with van der Waals surface area (Å²) in [6, 6.07) is 1.92. The van der Waals surface area contributed by atoms with Crippen LogP contribution in [-0.2, 0) is 16.1 Å². The van der Waals surface area contributed by atoms with Crippen LogP contribution in [0.2, 0.25) is 5.15 Å². The molecule has 3 rings (SSSR count). The highest BCUT2D eigenvalue weighted by Crippen LogP contribution is 2.25. The smallest absolute Gasteiger partial charge is 0.157 e. The van der Waals surface area contributed by atoms with Gasteiger partial charge in [-0.2, -0.15) is 0 Å². The molecular weight excluding hydrogens is 248 g/mol. The molecule has 0 aromatic carbocycles. The van der Waals surface area contributed by atoms with Gasteiger partial charge in [0.25, 0.3) is 0 Å². The summed E-state index contributed by atoms with van der Waals surface area (Å²) in [5, 5.41) is 3.35. The molecular formula is C10H9ClN2O2S. The van der Waals surface area contributed by atoms with Gasteiger partial charge in [-0.1, -0.05) is 11.6 Å². The second kappa shape index (κ2) is 4.25. The van der Waals surface area contributed by atoms with Crippen molar-refractivity contribution in [2.45, 2.75) is 12.7 Å². The van der Waals surface area contributed by atoms with E-state index in [4.69, 9.17) is 21.1 Å². The molecule has 3 heterocycles. The molecule has 1 saturated heterocycles. The summed E-state index contributed by atoms with van der Waals surface area (Å²) in [5.74, 6) is 0.631. The van der Waals surface area contributed by atoms with Crippen molar-refractivity contribution in [2.75, 3.05) is 13.2 Å². The number of ether oxygens (including phenoxy) is 2. The van der Waals surface area contributed by atoms with Gasteiger partial charge in [0, 0.05) is 5.39 Å². The maximum Gasteiger partial charge on any atom is 0.157 e. The van der Waals surface area contributed by atoms with Gasteiger partial charge in [-0.05, 0) is 11.4 Å². The lowest BCUT2D eigenvalue weighted by molar-refractivity contribution is -0.136. The van der Waals surface area contributed by atoms with Gasteiger partial charge in [0.1, 0.15) is 22.7 Å². The van der Waals surface area contributed by atoms with Crippen molar-refractivity contribution in [3.05, 3.63) is 22.4 Å². The molecule has 6 heteroatoms. The molecule has 0 amide bonds. The molecule has 1 aliphatic rings. The van der Waals surface area contributed by atoms with Crippen molar-refractivity contribution < 1.29 is 9.47 Å². The second-order valence-corrected chi connectivity index (χ2v) is 4.79. The molecule has 0 unspecified atom stereocenters. The van der Waals surface area contributed by atoms with Crippen molar-refractivity contribution in [1.29, 1.82) is 0 Å². The largest absolute Gasteiger partial charge is 0.376 e. The normalized spacial score (nSPS) is 16.6. The first-order valence-corrected chi connectivity index (χ1v) is 6.17. The molecule has 0 radical (unpaired) electrons. The van der Waals surface area contributed by atoms with E-state index in [0.717, 1.165) is 10.2 Å². The van der Waals surface area contributed by atoms with Gasteiger partial charge in [0.2, 0.25) is 0 Å². The summed E-state index contributed by atoms with van der Waals surface area (Å²) < 4.78 is 10.6. The Bertz CT molecular complexity index is 512. The summed E-state index contributed by atoms with van der Waals surface area (Å²) in [4.78, 5) is 9.49. The maximum atomic E-state index is 6.04. The van der Waals surface area contributed by atoms with Crippen molar-refractivity contribution >= 4 is 33.2 Å². The molecule has 4 nitrogen and oxygen atoms in total. The Hall–Kier alpha value is -0.750. The number of halogens is 1. The molecule has 0 N–H and O–H groups in total. The Labute approximate surface area is 101 Å². The van der Waals surface area contributed by atoms with Gasteiger partial charge in [-0.25, -0.2) is 9.97 Å². The third-order valence-electron chi connectivity index (χ3n) is 2.38. The fourth-order valence-corrected chi connectivity index (χ4v) is 2.52. The highest BCUT2D eigenvalue weighted by Gasteiger charge is 2.19. The number of hydrogen-bond acceptors (Lipinski definition) is 5. The zero-order chi connectivity index (χ0) is 11.0. The average molecular weight is 257 g/mol. The quantitative estimate of drug-likeness (QED) is 0.791. The Morgan fingerprint density at radius 2 is 2.38 bits per heavy atom. The van der Waals surface area contributed by atoms with E-state index < -0.39 is 0 Å². The molecule has 16 heavy (non-hydrogen) atoms. The number of nitrogens with zero attached hydrogens (tertiary/aromatic N) is 2. The molecule has 84 valence electrons. The highest BCUT2D eigenvalue weighted by molar-refractivity contribution is 7.16. The number of rotatable bonds is 3. The third kappa shape index (κ3) is 1.91. The topological polar surface area (TPSA) is 44.2 Å². The molecule has 0 spiro atoms. The summed E-state index contributed by atoms with van der Waals surface area (Å²) in [6.07, 6.45) is 0.182. The fourth-order valence-electron chi connectivity index (χ4n) is 1.43. The van der Waals surface area contributed by atoms with Crippen molar-refractivity contribution in [1.82, 2.24) is 9.97 Å². The van der Waals surface area contributed by atoms with E-state index in [1.54, 1.807) is 11.3 Å². The molecule has 2 aromatic heterocycles. The number of fused-ring (bicyclic) bond motifs is 1. The van der Waals surface area contributed by atoms with E-state index in [2.05, 4.69) is 9.97 Å². The lowest BCUT2D eigenvalue weighted by Crippen LogP contribution is -2.36. The average Bonchev–Trinajstić information content (AvgIpc) is 2.63. The van der Waals surface area contributed by atoms with E-state index in [0.29, 0.717) is 30.8 Å². The lowest BCUT2D eigenvalue weighted by Gasteiger charge is -2.25. The van der Waals surface area contributed by atoms with Gasteiger partial charge in [-0.15, -0.1) is 11.3 Å². The molecule has 0 bridgehead atoms. The Kier molecular flexibility index (Phi) is 2.77. The Balaban J connectivity index is 1.80. The first kappa shape index (κ1) is 10.4. The van der Waals surface area contributed by atoms with E-state index in [9.17, 15) is 0 Å². The second-order valence-electron chi connectivity index (χ2n) is 3.54. The molecule has 0 saturated carbocycles. The highest BCUT2D eigenvalue weighted by atomic mass is 35.5. The van der Waals surface area contributed by atoms with E-state index in [1.165, 1.54) is 0 Å². The summed E-state index contributed by atoms with van der Waals surface area (Å²) in [5.41, 5.74) is 0. The number of hydrogen-bond donors (Lipinski definition) is 0. The molecule has 2 aromatic rings. The van der Waals surface area contributed by atoms with Crippen LogP contribution in [0.25, 0.3) is 10.2 Å². The summed E-state index contributed by atoms with van der Waals surface area (Å²) >= 11 is 7.60. The number of thiophene rings is 1. The summed E-state index contributed by atoms with van der Waals surface area (Å²) in [7, 11) is 0.